The number of anilines is 1. The maximum atomic E-state index is 13.2. The van der Waals surface area contributed by atoms with E-state index in [0.717, 1.165) is 6.07 Å². The average molecular weight is 421 g/mol. The fourth-order valence-electron chi connectivity index (χ4n) is 3.18. The van der Waals surface area contributed by atoms with Gasteiger partial charge in [-0.3, -0.25) is 9.69 Å². The normalized spacial score (nSPS) is 17.2. The smallest absolute Gasteiger partial charge is 0.417 e. The van der Waals surface area contributed by atoms with Crippen LogP contribution in [0.2, 0.25) is 0 Å². The summed E-state index contributed by atoms with van der Waals surface area (Å²) in [7, 11) is 0. The number of nitrogens with one attached hydrogen (secondary N) is 1. The second-order valence-corrected chi connectivity index (χ2v) is 7.93. The van der Waals surface area contributed by atoms with Crippen molar-refractivity contribution in [1.29, 1.82) is 0 Å². The Bertz CT molecular complexity index is 937. The van der Waals surface area contributed by atoms with Gasteiger partial charge in [-0.1, -0.05) is 18.2 Å². The van der Waals surface area contributed by atoms with Crippen LogP contribution in [0.3, 0.4) is 0 Å². The highest BCUT2D eigenvalue weighted by Crippen LogP contribution is 2.37. The number of rotatable bonds is 3. The number of halogens is 3. The van der Waals surface area contributed by atoms with E-state index in [1.54, 1.807) is 20.8 Å². The maximum absolute atomic E-state index is 13.2. The lowest BCUT2D eigenvalue weighted by Crippen LogP contribution is -2.43. The Kier molecular flexibility index (Phi) is 5.74. The fraction of sp³-hybridized carbons (Fsp3) is 0.381. The van der Waals surface area contributed by atoms with E-state index in [-0.39, 0.29) is 11.5 Å². The van der Waals surface area contributed by atoms with E-state index >= 15 is 0 Å². The summed E-state index contributed by atoms with van der Waals surface area (Å²) in [5.74, 6) is -0.0430. The average Bonchev–Trinajstić information content (AvgIpc) is 3.00. The number of alkyl halides is 3. The Morgan fingerprint density at radius 2 is 1.87 bits per heavy atom. The van der Waals surface area contributed by atoms with Gasteiger partial charge >= 0.3 is 12.3 Å². The Morgan fingerprint density at radius 3 is 2.47 bits per heavy atom. The summed E-state index contributed by atoms with van der Waals surface area (Å²) < 4.78 is 44.9. The molecule has 1 N–H and O–H groups in total. The monoisotopic (exact) mass is 421 g/mol. The highest BCUT2D eigenvalue weighted by Gasteiger charge is 2.36. The second kappa shape index (κ2) is 7.97. The number of carbonyl (C=O) groups is 2. The van der Waals surface area contributed by atoms with Crippen molar-refractivity contribution in [3.05, 3.63) is 48.2 Å². The van der Waals surface area contributed by atoms with E-state index in [4.69, 9.17) is 4.74 Å². The molecule has 1 fully saturated rings. The third-order valence-corrected chi connectivity index (χ3v) is 4.46. The minimum Gasteiger partial charge on any atom is -0.444 e. The summed E-state index contributed by atoms with van der Waals surface area (Å²) in [5.41, 5.74) is -1.13. The molecule has 3 rings (SSSR count). The van der Waals surface area contributed by atoms with Gasteiger partial charge in [-0.25, -0.2) is 9.78 Å². The SMILES string of the molecule is CC(C)(C)OC(=O)N[C@H]1CCN(c2ccc(-c3ccccc3C(F)(F)F)cn2)C1=O. The van der Waals surface area contributed by atoms with Crippen LogP contribution >= 0.6 is 0 Å². The van der Waals surface area contributed by atoms with Crippen molar-refractivity contribution in [2.45, 2.75) is 45.0 Å². The first-order valence-electron chi connectivity index (χ1n) is 9.39. The van der Waals surface area contributed by atoms with E-state index in [2.05, 4.69) is 10.3 Å². The Labute approximate surface area is 172 Å². The molecular weight excluding hydrogens is 399 g/mol. The van der Waals surface area contributed by atoms with Crippen LogP contribution in [0.25, 0.3) is 11.1 Å². The highest BCUT2D eigenvalue weighted by molar-refractivity contribution is 6.00. The van der Waals surface area contributed by atoms with Crippen LogP contribution in [0.4, 0.5) is 23.8 Å². The fourth-order valence-corrected chi connectivity index (χ4v) is 3.18. The van der Waals surface area contributed by atoms with E-state index in [1.165, 1.54) is 41.4 Å². The largest absolute Gasteiger partial charge is 0.444 e. The Hall–Kier alpha value is -3.10. The van der Waals surface area contributed by atoms with Gasteiger partial charge in [0.05, 0.1) is 5.56 Å². The molecule has 30 heavy (non-hydrogen) atoms. The first-order valence-corrected chi connectivity index (χ1v) is 9.39. The number of benzene rings is 1. The van der Waals surface area contributed by atoms with Crippen LogP contribution in [0, 0.1) is 0 Å². The lowest BCUT2D eigenvalue weighted by atomic mass is 10.0. The van der Waals surface area contributed by atoms with Gasteiger partial charge in [0.2, 0.25) is 0 Å². The maximum Gasteiger partial charge on any atom is 0.417 e. The molecule has 0 spiro atoms. The number of hydrogen-bond acceptors (Lipinski definition) is 4. The molecule has 0 bridgehead atoms. The zero-order valence-electron chi connectivity index (χ0n) is 16.8. The quantitative estimate of drug-likeness (QED) is 0.798. The standard InChI is InChI=1S/C21H22F3N3O3/c1-20(2,3)30-19(29)26-16-10-11-27(18(16)28)17-9-8-13(12-25-17)14-6-4-5-7-15(14)21(22,23)24/h4-9,12,16H,10-11H2,1-3H3,(H,26,29)/t16-/m0/s1. The minimum absolute atomic E-state index is 0.0151. The number of amides is 2. The molecule has 0 unspecified atom stereocenters. The summed E-state index contributed by atoms with van der Waals surface area (Å²) in [6.45, 7) is 5.48. The third-order valence-electron chi connectivity index (χ3n) is 4.46. The summed E-state index contributed by atoms with van der Waals surface area (Å²) in [6.07, 6.45) is -3.49. The molecule has 1 atom stereocenters. The van der Waals surface area contributed by atoms with Crippen LogP contribution in [-0.2, 0) is 15.7 Å². The van der Waals surface area contributed by atoms with E-state index < -0.39 is 29.5 Å². The molecule has 0 aliphatic carbocycles. The molecular formula is C21H22F3N3O3. The number of aromatic nitrogens is 1. The number of alkyl carbamates (subject to hydrolysis) is 1. The van der Waals surface area contributed by atoms with Gasteiger partial charge in [0, 0.05) is 18.3 Å². The van der Waals surface area contributed by atoms with Gasteiger partial charge < -0.3 is 10.1 Å². The molecule has 0 saturated carbocycles. The van der Waals surface area contributed by atoms with Crippen molar-refractivity contribution in [1.82, 2.24) is 10.3 Å². The summed E-state index contributed by atoms with van der Waals surface area (Å²) in [6, 6.07) is 7.49. The van der Waals surface area contributed by atoms with Crippen LogP contribution in [0.15, 0.2) is 42.6 Å². The van der Waals surface area contributed by atoms with Crippen LogP contribution in [0.1, 0.15) is 32.8 Å². The lowest BCUT2D eigenvalue weighted by molar-refractivity contribution is -0.137. The molecule has 160 valence electrons. The number of hydrogen-bond donors (Lipinski definition) is 1. The third kappa shape index (κ3) is 4.90. The molecule has 0 radical (unpaired) electrons. The van der Waals surface area contributed by atoms with Gasteiger partial charge in [0.15, 0.2) is 0 Å². The molecule has 1 aromatic carbocycles. The van der Waals surface area contributed by atoms with Crippen molar-refractivity contribution in [2.75, 3.05) is 11.4 Å². The molecule has 2 aromatic rings. The number of carbonyl (C=O) groups excluding carboxylic acids is 2. The minimum atomic E-state index is -4.49. The van der Waals surface area contributed by atoms with E-state index in [1.807, 2.05) is 0 Å². The van der Waals surface area contributed by atoms with Gasteiger partial charge in [0.25, 0.3) is 5.91 Å². The molecule has 1 aliphatic heterocycles. The Morgan fingerprint density at radius 1 is 1.17 bits per heavy atom. The molecule has 1 saturated heterocycles. The Balaban J connectivity index is 1.74. The second-order valence-electron chi connectivity index (χ2n) is 7.93. The highest BCUT2D eigenvalue weighted by atomic mass is 19.4. The first kappa shape index (κ1) is 21.6. The zero-order chi connectivity index (χ0) is 22.1. The predicted octanol–water partition coefficient (Wildman–Crippen LogP) is 4.40. The molecule has 9 heteroatoms. The van der Waals surface area contributed by atoms with Gasteiger partial charge in [-0.2, -0.15) is 13.2 Å². The lowest BCUT2D eigenvalue weighted by Gasteiger charge is -2.21. The van der Waals surface area contributed by atoms with Crippen molar-refractivity contribution < 1.29 is 27.5 Å². The number of pyridine rings is 1. The first-order chi connectivity index (χ1) is 14.0. The van der Waals surface area contributed by atoms with Gasteiger partial charge in [0.1, 0.15) is 17.5 Å². The van der Waals surface area contributed by atoms with Crippen molar-refractivity contribution in [2.24, 2.45) is 0 Å². The molecule has 1 aromatic heterocycles. The molecule has 2 amide bonds. The predicted molar refractivity (Wildman–Crippen MR) is 105 cm³/mol. The summed E-state index contributed by atoms with van der Waals surface area (Å²) >= 11 is 0. The van der Waals surface area contributed by atoms with Crippen LogP contribution in [0.5, 0.6) is 0 Å². The van der Waals surface area contributed by atoms with Gasteiger partial charge in [-0.05, 0) is 51.0 Å². The van der Waals surface area contributed by atoms with Crippen molar-refractivity contribution in [3.63, 3.8) is 0 Å². The van der Waals surface area contributed by atoms with Gasteiger partial charge in [-0.15, -0.1) is 0 Å². The number of ether oxygens (including phenoxy) is 1. The zero-order valence-corrected chi connectivity index (χ0v) is 16.8. The van der Waals surface area contributed by atoms with Crippen molar-refractivity contribution in [3.8, 4) is 11.1 Å². The van der Waals surface area contributed by atoms with E-state index in [0.29, 0.717) is 24.3 Å². The van der Waals surface area contributed by atoms with Crippen molar-refractivity contribution >= 4 is 17.8 Å². The molecule has 1 aliphatic rings. The van der Waals surface area contributed by atoms with E-state index in [9.17, 15) is 22.8 Å². The molecule has 6 nitrogen and oxygen atoms in total. The summed E-state index contributed by atoms with van der Waals surface area (Å²) in [5, 5.41) is 2.54. The topological polar surface area (TPSA) is 71.5 Å². The van der Waals surface area contributed by atoms with Crippen LogP contribution < -0.4 is 10.2 Å². The van der Waals surface area contributed by atoms with Crippen LogP contribution in [-0.4, -0.2) is 35.2 Å². The number of nitrogens with zero attached hydrogens (tertiary/aromatic N) is 2. The summed E-state index contributed by atoms with van der Waals surface area (Å²) in [4.78, 5) is 30.1. The molecule has 2 heterocycles.